The van der Waals surface area contributed by atoms with E-state index in [1.807, 2.05) is 44.2 Å². The highest BCUT2D eigenvalue weighted by atomic mass is 19.1. The van der Waals surface area contributed by atoms with Gasteiger partial charge in [0.1, 0.15) is 18.0 Å². The Hall–Kier alpha value is -3.46. The van der Waals surface area contributed by atoms with Gasteiger partial charge in [-0.2, -0.15) is 0 Å². The maximum Gasteiger partial charge on any atom is 0.334 e. The number of amides is 4. The molecule has 0 saturated carbocycles. The highest BCUT2D eigenvalue weighted by molar-refractivity contribution is 5.91. The number of nitrogens with one attached hydrogen (secondary N) is 1. The van der Waals surface area contributed by atoms with E-state index in [2.05, 4.69) is 5.32 Å². The molecule has 0 bridgehead atoms. The standard InChI is InChI=1S/C27H34FN5O3/c1-4-19(2)25-26(35)31(15-14-20-10-12-22(28)13-11-20)17-23-32(25)24(34)18-30(3)33(23)27(36)29-16-21-8-6-5-7-9-21/h5-13,19,23,25H,4,14-18H2,1-3H3,(H,29,36)/t19?,23-,25-/m0/s1. The van der Waals surface area contributed by atoms with Crippen LogP contribution < -0.4 is 5.32 Å². The number of fused-ring (bicyclic) bond motifs is 1. The molecule has 2 heterocycles. The zero-order chi connectivity index (χ0) is 25.8. The highest BCUT2D eigenvalue weighted by Crippen LogP contribution is 2.30. The Morgan fingerprint density at radius 2 is 1.78 bits per heavy atom. The smallest absolute Gasteiger partial charge is 0.334 e. The molecule has 4 amide bonds. The van der Waals surface area contributed by atoms with Crippen LogP contribution in [0.15, 0.2) is 54.6 Å². The predicted octanol–water partition coefficient (Wildman–Crippen LogP) is 2.85. The number of hydrogen-bond donors (Lipinski definition) is 1. The molecule has 0 spiro atoms. The van der Waals surface area contributed by atoms with Gasteiger partial charge in [-0.15, -0.1) is 0 Å². The Morgan fingerprint density at radius 3 is 2.44 bits per heavy atom. The summed E-state index contributed by atoms with van der Waals surface area (Å²) < 4.78 is 13.3. The number of halogens is 1. The zero-order valence-corrected chi connectivity index (χ0v) is 21.1. The molecule has 2 saturated heterocycles. The van der Waals surface area contributed by atoms with Crippen LogP contribution in [0.5, 0.6) is 0 Å². The molecule has 8 nitrogen and oxygen atoms in total. The van der Waals surface area contributed by atoms with E-state index < -0.39 is 12.2 Å². The molecule has 2 aromatic carbocycles. The van der Waals surface area contributed by atoms with Gasteiger partial charge < -0.3 is 15.1 Å². The van der Waals surface area contributed by atoms with Crippen molar-refractivity contribution in [2.24, 2.45) is 5.92 Å². The van der Waals surface area contributed by atoms with E-state index in [1.165, 1.54) is 12.1 Å². The average molecular weight is 496 g/mol. The summed E-state index contributed by atoms with van der Waals surface area (Å²) in [5.41, 5.74) is 1.89. The largest absolute Gasteiger partial charge is 0.337 e. The molecular formula is C27H34FN5O3. The molecule has 2 aliphatic heterocycles. The Morgan fingerprint density at radius 1 is 1.08 bits per heavy atom. The third-order valence-corrected chi connectivity index (χ3v) is 7.13. The van der Waals surface area contributed by atoms with E-state index in [0.29, 0.717) is 19.5 Å². The fourth-order valence-corrected chi connectivity index (χ4v) is 4.97. The molecule has 2 fully saturated rings. The van der Waals surface area contributed by atoms with Gasteiger partial charge in [0.05, 0.1) is 13.1 Å². The maximum absolute atomic E-state index is 13.6. The Labute approximate surface area is 211 Å². The lowest BCUT2D eigenvalue weighted by molar-refractivity contribution is -0.190. The molecule has 1 unspecified atom stereocenters. The maximum atomic E-state index is 13.6. The summed E-state index contributed by atoms with van der Waals surface area (Å²) >= 11 is 0. The van der Waals surface area contributed by atoms with Crippen molar-refractivity contribution in [3.63, 3.8) is 0 Å². The summed E-state index contributed by atoms with van der Waals surface area (Å²) in [6.07, 6.45) is 0.655. The Kier molecular flexibility index (Phi) is 7.88. The van der Waals surface area contributed by atoms with Crippen LogP contribution in [0.2, 0.25) is 0 Å². The fourth-order valence-electron chi connectivity index (χ4n) is 4.97. The summed E-state index contributed by atoms with van der Waals surface area (Å²) in [5.74, 6) is -0.645. The average Bonchev–Trinajstić information content (AvgIpc) is 2.87. The lowest BCUT2D eigenvalue weighted by atomic mass is 9.92. The van der Waals surface area contributed by atoms with Crippen molar-refractivity contribution in [1.29, 1.82) is 0 Å². The number of hydrazine groups is 1. The van der Waals surface area contributed by atoms with Crippen molar-refractivity contribution < 1.29 is 18.8 Å². The van der Waals surface area contributed by atoms with Crippen molar-refractivity contribution in [2.45, 2.75) is 45.4 Å². The molecule has 2 aromatic rings. The van der Waals surface area contributed by atoms with E-state index in [0.717, 1.165) is 17.5 Å². The molecule has 0 aliphatic carbocycles. The minimum Gasteiger partial charge on any atom is -0.337 e. The van der Waals surface area contributed by atoms with Gasteiger partial charge in [0.2, 0.25) is 11.8 Å². The third kappa shape index (κ3) is 5.36. The molecule has 1 N–H and O–H groups in total. The highest BCUT2D eigenvalue weighted by Gasteiger charge is 2.51. The zero-order valence-electron chi connectivity index (χ0n) is 21.1. The monoisotopic (exact) mass is 495 g/mol. The van der Waals surface area contributed by atoms with Gasteiger partial charge >= 0.3 is 6.03 Å². The minimum absolute atomic E-state index is 0.0189. The van der Waals surface area contributed by atoms with Gasteiger partial charge in [-0.1, -0.05) is 62.7 Å². The summed E-state index contributed by atoms with van der Waals surface area (Å²) in [6, 6.07) is 14.9. The first-order valence-corrected chi connectivity index (χ1v) is 12.5. The molecule has 0 radical (unpaired) electrons. The number of carbonyl (C=O) groups excluding carboxylic acids is 3. The Balaban J connectivity index is 1.57. The number of nitrogens with zero attached hydrogens (tertiary/aromatic N) is 4. The number of rotatable bonds is 7. The van der Waals surface area contributed by atoms with E-state index >= 15 is 0 Å². The van der Waals surface area contributed by atoms with Crippen molar-refractivity contribution in [3.8, 4) is 0 Å². The summed E-state index contributed by atoms with van der Waals surface area (Å²) in [6.45, 7) is 4.96. The van der Waals surface area contributed by atoms with Crippen molar-refractivity contribution >= 4 is 17.8 Å². The normalized spacial score (nSPS) is 21.4. The molecule has 192 valence electrons. The van der Waals surface area contributed by atoms with Gasteiger partial charge in [0, 0.05) is 20.1 Å². The van der Waals surface area contributed by atoms with Crippen LogP contribution in [-0.4, -0.2) is 76.6 Å². The third-order valence-electron chi connectivity index (χ3n) is 7.13. The van der Waals surface area contributed by atoms with Crippen LogP contribution >= 0.6 is 0 Å². The van der Waals surface area contributed by atoms with Crippen LogP contribution in [0.3, 0.4) is 0 Å². The predicted molar refractivity (Wildman–Crippen MR) is 134 cm³/mol. The molecule has 4 rings (SSSR count). The summed E-state index contributed by atoms with van der Waals surface area (Å²) in [7, 11) is 1.72. The molecule has 2 aliphatic rings. The summed E-state index contributed by atoms with van der Waals surface area (Å²) in [5, 5.41) is 6.16. The van der Waals surface area contributed by atoms with Crippen LogP contribution in [0.1, 0.15) is 31.4 Å². The second kappa shape index (κ2) is 11.1. The van der Waals surface area contributed by atoms with Crippen LogP contribution in [0, 0.1) is 11.7 Å². The lowest BCUT2D eigenvalue weighted by Gasteiger charge is -2.55. The van der Waals surface area contributed by atoms with Crippen molar-refractivity contribution in [3.05, 3.63) is 71.5 Å². The number of piperazine rings is 1. The molecule has 9 heteroatoms. The molecule has 3 atom stereocenters. The molecule has 0 aromatic heterocycles. The number of benzene rings is 2. The lowest BCUT2D eigenvalue weighted by Crippen LogP contribution is -2.76. The molecule has 36 heavy (non-hydrogen) atoms. The van der Waals surface area contributed by atoms with Crippen LogP contribution in [-0.2, 0) is 22.6 Å². The van der Waals surface area contributed by atoms with Gasteiger partial charge in [-0.05, 0) is 35.6 Å². The minimum atomic E-state index is -0.646. The van der Waals surface area contributed by atoms with Crippen molar-refractivity contribution in [2.75, 3.05) is 26.7 Å². The van der Waals surface area contributed by atoms with Gasteiger partial charge in [0.25, 0.3) is 0 Å². The first-order chi connectivity index (χ1) is 17.3. The second-order valence-electron chi connectivity index (χ2n) is 9.58. The quantitative estimate of drug-likeness (QED) is 0.641. The second-order valence-corrected chi connectivity index (χ2v) is 9.58. The van der Waals surface area contributed by atoms with Crippen LogP contribution in [0.4, 0.5) is 9.18 Å². The topological polar surface area (TPSA) is 76.2 Å². The van der Waals surface area contributed by atoms with Gasteiger partial charge in [-0.25, -0.2) is 19.2 Å². The van der Waals surface area contributed by atoms with E-state index in [4.69, 9.17) is 0 Å². The van der Waals surface area contributed by atoms with E-state index in [9.17, 15) is 18.8 Å². The van der Waals surface area contributed by atoms with Crippen molar-refractivity contribution in [1.82, 2.24) is 25.1 Å². The van der Waals surface area contributed by atoms with E-state index in [1.54, 1.807) is 39.0 Å². The van der Waals surface area contributed by atoms with Crippen LogP contribution in [0.25, 0.3) is 0 Å². The number of hydrogen-bond acceptors (Lipinski definition) is 4. The number of likely N-dealkylation sites (N-methyl/N-ethyl adjacent to an activating group) is 1. The SMILES string of the molecule is CCC(C)[C@H]1C(=O)N(CCc2ccc(F)cc2)C[C@H]2N1C(=O)CN(C)N2C(=O)NCc1ccccc1. The molecular weight excluding hydrogens is 461 g/mol. The number of urea groups is 1. The van der Waals surface area contributed by atoms with Gasteiger partial charge in [0.15, 0.2) is 0 Å². The summed E-state index contributed by atoms with van der Waals surface area (Å²) in [4.78, 5) is 43.6. The first kappa shape index (κ1) is 25.6. The fraction of sp³-hybridized carbons (Fsp3) is 0.444. The first-order valence-electron chi connectivity index (χ1n) is 12.5. The van der Waals surface area contributed by atoms with E-state index in [-0.39, 0.29) is 42.7 Å². The van der Waals surface area contributed by atoms with Gasteiger partial charge in [-0.3, -0.25) is 9.59 Å². The number of carbonyl (C=O) groups is 3. The Bertz CT molecular complexity index is 1080.